The molecule has 9 nitrogen and oxygen atoms in total. The zero-order valence-electron chi connectivity index (χ0n) is 21.4. The summed E-state index contributed by atoms with van der Waals surface area (Å²) in [6.07, 6.45) is -0.356. The number of amides is 2. The van der Waals surface area contributed by atoms with Crippen LogP contribution in [0.2, 0.25) is 0 Å². The van der Waals surface area contributed by atoms with Crippen LogP contribution in [0.1, 0.15) is 39.1 Å². The number of nitrogens with zero attached hydrogens (tertiary/aromatic N) is 2. The number of ketones is 1. The zero-order chi connectivity index (χ0) is 27.6. The smallest absolute Gasteiger partial charge is 0.272 e. The van der Waals surface area contributed by atoms with Gasteiger partial charge in [-0.2, -0.15) is 5.10 Å². The second-order valence-corrected chi connectivity index (χ2v) is 9.27. The number of carbonyl (C=O) groups excluding carboxylic acids is 3. The summed E-state index contributed by atoms with van der Waals surface area (Å²) in [4.78, 5) is 44.0. The van der Waals surface area contributed by atoms with E-state index in [0.717, 1.165) is 5.69 Å². The molecule has 0 atom stereocenters. The first-order valence-electron chi connectivity index (χ1n) is 12.2. The highest BCUT2D eigenvalue weighted by Gasteiger charge is 2.23. The van der Waals surface area contributed by atoms with Crippen molar-refractivity contribution in [3.05, 3.63) is 101 Å². The molecule has 0 radical (unpaired) electrons. The van der Waals surface area contributed by atoms with Gasteiger partial charge >= 0.3 is 0 Å². The molecule has 4 aromatic rings. The Labute approximate surface area is 229 Å². The lowest BCUT2D eigenvalue weighted by molar-refractivity contribution is -0.110. The zero-order valence-corrected chi connectivity index (χ0v) is 22.2. The van der Waals surface area contributed by atoms with Gasteiger partial charge in [-0.15, -0.1) is 0 Å². The highest BCUT2D eigenvalue weighted by atomic mass is 32.1. The number of hydrazone groups is 1. The molecule has 0 unspecified atom stereocenters. The van der Waals surface area contributed by atoms with Gasteiger partial charge in [0, 0.05) is 11.3 Å². The number of anilines is 3. The molecule has 0 aliphatic rings. The Bertz CT molecular complexity index is 1490. The average molecular weight is 542 g/mol. The summed E-state index contributed by atoms with van der Waals surface area (Å²) in [7, 11) is 0. The fourth-order valence-electron chi connectivity index (χ4n) is 3.57. The van der Waals surface area contributed by atoms with E-state index in [1.165, 1.54) is 11.3 Å². The molecule has 4 rings (SSSR count). The van der Waals surface area contributed by atoms with Gasteiger partial charge in [-0.25, -0.2) is 10.4 Å². The van der Waals surface area contributed by atoms with Crippen LogP contribution in [0, 0.1) is 6.92 Å². The number of ether oxygens (including phenoxy) is 1. The van der Waals surface area contributed by atoms with Crippen molar-refractivity contribution >= 4 is 51.2 Å². The topological polar surface area (TPSA) is 122 Å². The van der Waals surface area contributed by atoms with Crippen LogP contribution < -0.4 is 20.8 Å². The fraction of sp³-hybridized carbons (Fsp3) is 0.138. The van der Waals surface area contributed by atoms with Crippen molar-refractivity contribution in [2.75, 3.05) is 17.2 Å². The van der Waals surface area contributed by atoms with Crippen LogP contribution in [0.15, 0.2) is 90.0 Å². The predicted molar refractivity (Wildman–Crippen MR) is 153 cm³/mol. The quantitative estimate of drug-likeness (QED) is 0.129. The third-order valence-electron chi connectivity index (χ3n) is 5.43. The Balaban J connectivity index is 1.56. The van der Waals surface area contributed by atoms with E-state index in [9.17, 15) is 14.4 Å². The van der Waals surface area contributed by atoms with Gasteiger partial charge in [0.2, 0.25) is 0 Å². The number of rotatable bonds is 11. The summed E-state index contributed by atoms with van der Waals surface area (Å²) in [6, 6.07) is 24.9. The van der Waals surface area contributed by atoms with E-state index < -0.39 is 11.8 Å². The molecule has 10 heteroatoms. The Kier molecular flexibility index (Phi) is 9.15. The van der Waals surface area contributed by atoms with Gasteiger partial charge in [0.15, 0.2) is 10.9 Å². The highest BCUT2D eigenvalue weighted by Crippen LogP contribution is 2.27. The molecule has 3 N–H and O–H groups in total. The number of benzene rings is 3. The molecule has 1 heterocycles. The number of aryl methyl sites for hydroxylation is 1. The van der Waals surface area contributed by atoms with E-state index in [-0.39, 0.29) is 17.9 Å². The predicted octanol–water partition coefficient (Wildman–Crippen LogP) is 5.59. The maximum Gasteiger partial charge on any atom is 0.272 e. The van der Waals surface area contributed by atoms with E-state index in [2.05, 4.69) is 26.1 Å². The monoisotopic (exact) mass is 541 g/mol. The van der Waals surface area contributed by atoms with Crippen molar-refractivity contribution in [3.63, 3.8) is 0 Å². The Morgan fingerprint density at radius 2 is 1.59 bits per heavy atom. The maximum atomic E-state index is 13.3. The summed E-state index contributed by atoms with van der Waals surface area (Å²) >= 11 is 1.18. The molecule has 3 aromatic carbocycles. The molecule has 0 bridgehead atoms. The normalized spacial score (nSPS) is 11.0. The number of carbonyl (C=O) groups is 3. The van der Waals surface area contributed by atoms with Crippen LogP contribution in [0.4, 0.5) is 16.5 Å². The van der Waals surface area contributed by atoms with Crippen LogP contribution in [0.25, 0.3) is 0 Å². The summed E-state index contributed by atoms with van der Waals surface area (Å²) in [6.45, 7) is 3.97. The molecular formula is C29H27N5O4S. The van der Waals surface area contributed by atoms with Crippen LogP contribution >= 0.6 is 11.3 Å². The minimum Gasteiger partial charge on any atom is -0.492 e. The highest BCUT2D eigenvalue weighted by molar-refractivity contribution is 7.17. The van der Waals surface area contributed by atoms with Crippen LogP contribution in [-0.4, -0.2) is 34.9 Å². The first kappa shape index (κ1) is 27.2. The van der Waals surface area contributed by atoms with Gasteiger partial charge in [0.25, 0.3) is 11.8 Å². The van der Waals surface area contributed by atoms with Gasteiger partial charge in [-0.1, -0.05) is 59.9 Å². The van der Waals surface area contributed by atoms with Crippen molar-refractivity contribution < 1.29 is 19.1 Å². The van der Waals surface area contributed by atoms with Crippen molar-refractivity contribution in [1.29, 1.82) is 0 Å². The average Bonchev–Trinajstić information content (AvgIpc) is 3.32. The van der Waals surface area contributed by atoms with Gasteiger partial charge in [-0.3, -0.25) is 14.4 Å². The van der Waals surface area contributed by atoms with E-state index in [1.807, 2.05) is 37.3 Å². The molecule has 0 aliphatic carbocycles. The van der Waals surface area contributed by atoms with Crippen molar-refractivity contribution in [3.8, 4) is 5.75 Å². The first-order chi connectivity index (χ1) is 18.9. The van der Waals surface area contributed by atoms with Gasteiger partial charge in [0.05, 0.1) is 29.3 Å². The Morgan fingerprint density at radius 3 is 2.31 bits per heavy atom. The minimum absolute atomic E-state index is 0.166. The third-order valence-corrected chi connectivity index (χ3v) is 6.54. The summed E-state index contributed by atoms with van der Waals surface area (Å²) < 4.78 is 5.59. The number of hydrogen-bond donors (Lipinski definition) is 3. The van der Waals surface area contributed by atoms with Crippen molar-refractivity contribution in [2.24, 2.45) is 5.10 Å². The lowest BCUT2D eigenvalue weighted by atomic mass is 10.1. The minimum atomic E-state index is -0.645. The number of para-hydroxylation sites is 3. The van der Waals surface area contributed by atoms with Crippen molar-refractivity contribution in [1.82, 2.24) is 10.4 Å². The van der Waals surface area contributed by atoms with Gasteiger partial charge in [-0.05, 0) is 50.2 Å². The lowest BCUT2D eigenvalue weighted by Gasteiger charge is -2.12. The van der Waals surface area contributed by atoms with Gasteiger partial charge in [0.1, 0.15) is 11.5 Å². The molecule has 0 saturated carbocycles. The second-order valence-electron chi connectivity index (χ2n) is 8.27. The van der Waals surface area contributed by atoms with Crippen LogP contribution in [0.5, 0.6) is 5.75 Å². The van der Waals surface area contributed by atoms with E-state index in [4.69, 9.17) is 4.74 Å². The standard InChI is InChI=1S/C29H27N5O4S/c1-3-38-25-17-11-10-16-22(25)32-28(37)23(33-34-27(36)20-12-6-4-7-13-20)18-24(35)26-19(2)30-29(39-26)31-21-14-8-5-9-15-21/h4-17H,3,18H2,1-2H3,(H,30,31)(H,32,37)(H,34,36)/b33-23-. The number of hydrogen-bond acceptors (Lipinski definition) is 8. The summed E-state index contributed by atoms with van der Waals surface area (Å²) in [5.74, 6) is -1.03. The molecule has 1 aromatic heterocycles. The molecule has 0 spiro atoms. The van der Waals surface area contributed by atoms with Crippen LogP contribution in [0.3, 0.4) is 0 Å². The number of thiazole rings is 1. The molecule has 39 heavy (non-hydrogen) atoms. The summed E-state index contributed by atoms with van der Waals surface area (Å²) in [5, 5.41) is 10.5. The van der Waals surface area contributed by atoms with Crippen LogP contribution in [-0.2, 0) is 4.79 Å². The van der Waals surface area contributed by atoms with Crippen molar-refractivity contribution in [2.45, 2.75) is 20.3 Å². The largest absolute Gasteiger partial charge is 0.492 e. The second kappa shape index (κ2) is 13.1. The third kappa shape index (κ3) is 7.36. The molecule has 198 valence electrons. The number of nitrogens with one attached hydrogen (secondary N) is 3. The molecular weight excluding hydrogens is 514 g/mol. The van der Waals surface area contributed by atoms with E-state index in [0.29, 0.717) is 39.3 Å². The lowest BCUT2D eigenvalue weighted by Crippen LogP contribution is -2.29. The number of aromatic nitrogens is 1. The molecule has 2 amide bonds. The van der Waals surface area contributed by atoms with E-state index >= 15 is 0 Å². The Hall–Kier alpha value is -4.83. The van der Waals surface area contributed by atoms with E-state index in [1.54, 1.807) is 61.5 Å². The maximum absolute atomic E-state index is 13.3. The SMILES string of the molecule is CCOc1ccccc1NC(=O)/C(CC(=O)c1sc(Nc2ccccc2)nc1C)=N\NC(=O)c1ccccc1. The number of Topliss-reactive ketones (excluding diaryl/α,β-unsaturated/α-hetero) is 1. The molecule has 0 aliphatic heterocycles. The van der Waals surface area contributed by atoms with Gasteiger partial charge < -0.3 is 15.4 Å². The first-order valence-corrected chi connectivity index (χ1v) is 13.0. The molecule has 0 fully saturated rings. The Morgan fingerprint density at radius 1 is 0.923 bits per heavy atom. The summed E-state index contributed by atoms with van der Waals surface area (Å²) in [5.41, 5.74) is 4.38. The fourth-order valence-corrected chi connectivity index (χ4v) is 4.50. The molecule has 0 saturated heterocycles.